The van der Waals surface area contributed by atoms with Crippen LogP contribution in [0.4, 0.5) is 0 Å². The van der Waals surface area contributed by atoms with Gasteiger partial charge in [-0.05, 0) is 37.0 Å². The van der Waals surface area contributed by atoms with E-state index in [0.29, 0.717) is 17.5 Å². The smallest absolute Gasteiger partial charge is 0.303 e. The summed E-state index contributed by atoms with van der Waals surface area (Å²) >= 11 is 5.82. The van der Waals surface area contributed by atoms with Crippen molar-refractivity contribution in [1.82, 2.24) is 5.32 Å². The van der Waals surface area contributed by atoms with Crippen molar-refractivity contribution in [2.24, 2.45) is 0 Å². The molecule has 2 rings (SSSR count). The van der Waals surface area contributed by atoms with E-state index >= 15 is 0 Å². The Balaban J connectivity index is 2.02. The maximum atomic E-state index is 10.7. The summed E-state index contributed by atoms with van der Waals surface area (Å²) < 4.78 is 0. The fraction of sp³-hybridized carbons (Fsp3) is 0.500. The molecule has 0 aliphatic heterocycles. The van der Waals surface area contributed by atoms with Crippen LogP contribution in [0.2, 0.25) is 5.02 Å². The molecule has 0 heterocycles. The molecule has 0 saturated heterocycles. The van der Waals surface area contributed by atoms with Crippen molar-refractivity contribution in [3.63, 3.8) is 0 Å². The molecule has 0 bridgehead atoms. The molecule has 1 aliphatic rings. The van der Waals surface area contributed by atoms with Gasteiger partial charge in [0.25, 0.3) is 0 Å². The monoisotopic (exact) mass is 283 g/mol. The van der Waals surface area contributed by atoms with Gasteiger partial charge in [0.2, 0.25) is 0 Å². The highest BCUT2D eigenvalue weighted by Gasteiger charge is 2.29. The fourth-order valence-electron chi connectivity index (χ4n) is 2.06. The van der Waals surface area contributed by atoms with Gasteiger partial charge in [-0.15, -0.1) is 0 Å². The molecule has 0 spiro atoms. The van der Waals surface area contributed by atoms with Crippen LogP contribution in [0.25, 0.3) is 0 Å². The molecule has 2 atom stereocenters. The van der Waals surface area contributed by atoms with Gasteiger partial charge in [-0.25, -0.2) is 0 Å². The average Bonchev–Trinajstić information content (AvgIpc) is 3.18. The van der Waals surface area contributed by atoms with E-state index in [-0.39, 0.29) is 12.5 Å². The maximum Gasteiger partial charge on any atom is 0.303 e. The molecule has 2 unspecified atom stereocenters. The van der Waals surface area contributed by atoms with Crippen molar-refractivity contribution < 1.29 is 15.0 Å². The van der Waals surface area contributed by atoms with E-state index in [4.69, 9.17) is 16.7 Å². The van der Waals surface area contributed by atoms with E-state index in [1.807, 2.05) is 0 Å². The number of hydrogen-bond acceptors (Lipinski definition) is 3. The van der Waals surface area contributed by atoms with Crippen LogP contribution >= 0.6 is 11.6 Å². The molecule has 0 aromatic heterocycles. The quantitative estimate of drug-likeness (QED) is 0.718. The molecule has 0 amide bonds. The topological polar surface area (TPSA) is 69.6 Å². The van der Waals surface area contributed by atoms with Gasteiger partial charge in [0.05, 0.1) is 6.10 Å². The fourth-order valence-corrected chi connectivity index (χ4v) is 2.18. The van der Waals surface area contributed by atoms with Crippen molar-refractivity contribution in [3.8, 4) is 0 Å². The summed E-state index contributed by atoms with van der Waals surface area (Å²) in [7, 11) is 0. The van der Waals surface area contributed by atoms with E-state index < -0.39 is 12.1 Å². The molecule has 0 radical (unpaired) electrons. The van der Waals surface area contributed by atoms with Gasteiger partial charge in [0.15, 0.2) is 0 Å². The average molecular weight is 284 g/mol. The first-order chi connectivity index (χ1) is 9.06. The van der Waals surface area contributed by atoms with Gasteiger partial charge in [-0.1, -0.05) is 23.7 Å². The molecule has 1 aromatic carbocycles. The minimum atomic E-state index is -0.842. The number of nitrogens with one attached hydrogen (secondary N) is 1. The van der Waals surface area contributed by atoms with Gasteiger partial charge in [0, 0.05) is 23.5 Å². The third-order valence-electron chi connectivity index (χ3n) is 3.29. The zero-order chi connectivity index (χ0) is 13.8. The predicted octanol–water partition coefficient (Wildman–Crippen LogP) is 2.36. The second kappa shape index (κ2) is 6.37. The first-order valence-corrected chi connectivity index (χ1v) is 6.85. The van der Waals surface area contributed by atoms with Crippen LogP contribution in [0.15, 0.2) is 24.3 Å². The lowest BCUT2D eigenvalue weighted by Gasteiger charge is -2.24. The second-order valence-electron chi connectivity index (χ2n) is 4.98. The van der Waals surface area contributed by atoms with Crippen molar-refractivity contribution in [2.45, 2.75) is 43.9 Å². The third kappa shape index (κ3) is 4.49. The Kier molecular flexibility index (Phi) is 4.80. The van der Waals surface area contributed by atoms with Crippen molar-refractivity contribution in [2.75, 3.05) is 0 Å². The summed E-state index contributed by atoms with van der Waals surface area (Å²) in [5.74, 6) is -0.842. The zero-order valence-electron chi connectivity index (χ0n) is 10.6. The SMILES string of the molecule is O=C(O)CCC(NC1CC1)C(O)c1ccc(Cl)cc1. The lowest BCUT2D eigenvalue weighted by molar-refractivity contribution is -0.137. The molecular formula is C14H18ClNO3. The molecular weight excluding hydrogens is 266 g/mol. The van der Waals surface area contributed by atoms with E-state index in [1.165, 1.54) is 0 Å². The molecule has 4 nitrogen and oxygen atoms in total. The Labute approximate surface area is 117 Å². The predicted molar refractivity (Wildman–Crippen MR) is 73.2 cm³/mol. The minimum Gasteiger partial charge on any atom is -0.481 e. The third-order valence-corrected chi connectivity index (χ3v) is 3.54. The Bertz CT molecular complexity index is 431. The highest BCUT2D eigenvalue weighted by Crippen LogP contribution is 2.26. The van der Waals surface area contributed by atoms with Gasteiger partial charge < -0.3 is 15.5 Å². The molecule has 1 aromatic rings. The number of hydrogen-bond donors (Lipinski definition) is 3. The van der Waals surface area contributed by atoms with Crippen molar-refractivity contribution in [3.05, 3.63) is 34.9 Å². The van der Waals surface area contributed by atoms with E-state index in [1.54, 1.807) is 24.3 Å². The summed E-state index contributed by atoms with van der Waals surface area (Å²) in [4.78, 5) is 10.7. The van der Waals surface area contributed by atoms with Crippen LogP contribution in [-0.4, -0.2) is 28.3 Å². The lowest BCUT2D eigenvalue weighted by atomic mass is 9.98. The summed E-state index contributed by atoms with van der Waals surface area (Å²) in [6.45, 7) is 0. The van der Waals surface area contributed by atoms with Gasteiger partial charge in [-0.3, -0.25) is 4.79 Å². The highest BCUT2D eigenvalue weighted by atomic mass is 35.5. The normalized spacial score (nSPS) is 18.0. The maximum absolute atomic E-state index is 10.7. The number of rotatable bonds is 7. The van der Waals surface area contributed by atoms with Gasteiger partial charge in [-0.2, -0.15) is 0 Å². The largest absolute Gasteiger partial charge is 0.481 e. The standard InChI is InChI=1S/C14H18ClNO3/c15-10-3-1-9(2-4-10)14(19)12(7-8-13(17)18)16-11-5-6-11/h1-4,11-12,14,16,19H,5-8H2,(H,17,18). The zero-order valence-corrected chi connectivity index (χ0v) is 11.3. The Hall–Kier alpha value is -1.10. The number of carboxylic acids is 1. The van der Waals surface area contributed by atoms with Gasteiger partial charge in [0.1, 0.15) is 0 Å². The summed E-state index contributed by atoms with van der Waals surface area (Å²) in [5.41, 5.74) is 0.757. The number of aliphatic carboxylic acids is 1. The lowest BCUT2D eigenvalue weighted by Crippen LogP contribution is -2.37. The first-order valence-electron chi connectivity index (χ1n) is 6.47. The van der Waals surface area contributed by atoms with Crippen molar-refractivity contribution in [1.29, 1.82) is 0 Å². The number of halogens is 1. The van der Waals surface area contributed by atoms with Crippen LogP contribution in [-0.2, 0) is 4.79 Å². The Morgan fingerprint density at radius 2 is 2.00 bits per heavy atom. The van der Waals surface area contributed by atoms with Crippen molar-refractivity contribution >= 4 is 17.6 Å². The number of carbonyl (C=O) groups is 1. The molecule has 19 heavy (non-hydrogen) atoms. The molecule has 5 heteroatoms. The number of aliphatic hydroxyl groups is 1. The molecule has 1 aliphatic carbocycles. The van der Waals surface area contributed by atoms with E-state index in [0.717, 1.165) is 18.4 Å². The van der Waals surface area contributed by atoms with Crippen LogP contribution in [0.5, 0.6) is 0 Å². The van der Waals surface area contributed by atoms with Crippen LogP contribution in [0, 0.1) is 0 Å². The number of benzene rings is 1. The Morgan fingerprint density at radius 3 is 2.53 bits per heavy atom. The van der Waals surface area contributed by atoms with Crippen LogP contribution in [0.3, 0.4) is 0 Å². The summed E-state index contributed by atoms with van der Waals surface area (Å²) in [6, 6.07) is 7.19. The molecule has 104 valence electrons. The molecule has 3 N–H and O–H groups in total. The second-order valence-corrected chi connectivity index (χ2v) is 5.41. The van der Waals surface area contributed by atoms with Crippen LogP contribution in [0.1, 0.15) is 37.4 Å². The van der Waals surface area contributed by atoms with E-state index in [9.17, 15) is 9.90 Å². The number of aliphatic hydroxyl groups excluding tert-OH is 1. The highest BCUT2D eigenvalue weighted by molar-refractivity contribution is 6.30. The first kappa shape index (κ1) is 14.3. The molecule has 1 fully saturated rings. The summed E-state index contributed by atoms with van der Waals surface area (Å²) in [5, 5.41) is 23.1. The Morgan fingerprint density at radius 1 is 1.37 bits per heavy atom. The minimum absolute atomic E-state index is 0.0506. The number of carboxylic acid groups (broad SMARTS) is 1. The molecule has 1 saturated carbocycles. The summed E-state index contributed by atoms with van der Waals surface area (Å²) in [6.07, 6.45) is 1.94. The van der Waals surface area contributed by atoms with E-state index in [2.05, 4.69) is 5.32 Å². The van der Waals surface area contributed by atoms with Gasteiger partial charge >= 0.3 is 5.97 Å². The van der Waals surface area contributed by atoms with Crippen LogP contribution < -0.4 is 5.32 Å².